The maximum Gasteiger partial charge on any atom is 0.256 e. The number of hydrogen-bond donors (Lipinski definition) is 1. The molecule has 4 nitrogen and oxygen atoms in total. The van der Waals surface area contributed by atoms with E-state index in [1.807, 2.05) is 24.3 Å². The number of nitrogens with zero attached hydrogens (tertiary/aromatic N) is 2. The van der Waals surface area contributed by atoms with E-state index >= 15 is 0 Å². The van der Waals surface area contributed by atoms with E-state index in [1.54, 1.807) is 6.20 Å². The van der Waals surface area contributed by atoms with Gasteiger partial charge in [0.2, 0.25) is 0 Å². The number of carbonyl (C=O) groups excluding carboxylic acids is 1. The number of amides is 1. The van der Waals surface area contributed by atoms with Crippen molar-refractivity contribution in [1.29, 1.82) is 0 Å². The Balaban J connectivity index is 1.74. The molecular formula is C17H19N3O. The summed E-state index contributed by atoms with van der Waals surface area (Å²) in [5, 5.41) is 1.78. The van der Waals surface area contributed by atoms with E-state index in [0.717, 1.165) is 30.2 Å². The molecule has 0 radical (unpaired) electrons. The molecule has 0 aliphatic heterocycles. The molecule has 1 aromatic carbocycles. The second-order valence-electron chi connectivity index (χ2n) is 6.23. The highest BCUT2D eigenvalue weighted by Gasteiger charge is 2.37. The normalized spacial score (nSPS) is 17.9. The van der Waals surface area contributed by atoms with Gasteiger partial charge in [-0.25, -0.2) is 4.98 Å². The molecule has 0 spiro atoms. The smallest absolute Gasteiger partial charge is 0.256 e. The lowest BCUT2D eigenvalue weighted by Gasteiger charge is -2.23. The highest BCUT2D eigenvalue weighted by atomic mass is 16.2. The Labute approximate surface area is 124 Å². The number of rotatable bonds is 4. The van der Waals surface area contributed by atoms with Gasteiger partial charge in [-0.3, -0.25) is 4.79 Å². The van der Waals surface area contributed by atoms with Crippen LogP contribution in [0, 0.1) is 5.92 Å². The zero-order valence-corrected chi connectivity index (χ0v) is 12.0. The fourth-order valence-electron chi connectivity index (χ4n) is 2.90. The third kappa shape index (κ3) is 2.35. The lowest BCUT2D eigenvalue weighted by atomic mass is 10.1. The average molecular weight is 281 g/mol. The molecule has 2 N–H and O–H groups in total. The number of nitrogen functional groups attached to an aromatic ring is 1. The van der Waals surface area contributed by atoms with Gasteiger partial charge in [0.15, 0.2) is 0 Å². The Kier molecular flexibility index (Phi) is 2.84. The van der Waals surface area contributed by atoms with Gasteiger partial charge in [0.25, 0.3) is 5.91 Å². The fraction of sp³-hybridized carbons (Fsp3) is 0.412. The molecule has 4 heteroatoms. The summed E-state index contributed by atoms with van der Waals surface area (Å²) in [5.41, 5.74) is 6.62. The molecule has 2 aliphatic carbocycles. The molecule has 0 unspecified atom stereocenters. The summed E-state index contributed by atoms with van der Waals surface area (Å²) < 4.78 is 0. The average Bonchev–Trinajstić information content (AvgIpc) is 3.38. The summed E-state index contributed by atoms with van der Waals surface area (Å²) in [6, 6.07) is 8.20. The maximum absolute atomic E-state index is 13.0. The molecule has 108 valence electrons. The van der Waals surface area contributed by atoms with Crippen LogP contribution in [0.2, 0.25) is 0 Å². The van der Waals surface area contributed by atoms with Crippen molar-refractivity contribution < 1.29 is 4.79 Å². The van der Waals surface area contributed by atoms with Crippen molar-refractivity contribution in [3.63, 3.8) is 0 Å². The molecule has 2 aromatic rings. The quantitative estimate of drug-likeness (QED) is 0.937. The van der Waals surface area contributed by atoms with Crippen molar-refractivity contribution in [1.82, 2.24) is 9.88 Å². The van der Waals surface area contributed by atoms with Crippen LogP contribution in [0.15, 0.2) is 30.5 Å². The van der Waals surface area contributed by atoms with Crippen molar-refractivity contribution >= 4 is 22.5 Å². The third-order valence-electron chi connectivity index (χ3n) is 4.46. The van der Waals surface area contributed by atoms with Gasteiger partial charge in [-0.2, -0.15) is 0 Å². The van der Waals surface area contributed by atoms with Crippen LogP contribution < -0.4 is 5.73 Å². The maximum atomic E-state index is 13.0. The Morgan fingerprint density at radius 1 is 1.19 bits per heavy atom. The van der Waals surface area contributed by atoms with Gasteiger partial charge in [0.05, 0.1) is 5.56 Å². The van der Waals surface area contributed by atoms with Crippen molar-refractivity contribution in [2.75, 3.05) is 12.3 Å². The van der Waals surface area contributed by atoms with Crippen molar-refractivity contribution in [2.45, 2.75) is 31.7 Å². The number of carbonyl (C=O) groups is 1. The monoisotopic (exact) mass is 281 g/mol. The summed E-state index contributed by atoms with van der Waals surface area (Å²) in [6.07, 6.45) is 6.44. The first-order valence-electron chi connectivity index (χ1n) is 7.68. The number of nitrogens with two attached hydrogens (primary N) is 1. The number of pyridine rings is 1. The lowest BCUT2D eigenvalue weighted by molar-refractivity contribution is 0.0736. The molecule has 1 amide bonds. The Morgan fingerprint density at radius 2 is 1.90 bits per heavy atom. The van der Waals surface area contributed by atoms with Crippen LogP contribution in [0.3, 0.4) is 0 Å². The molecule has 1 heterocycles. The largest absolute Gasteiger partial charge is 0.383 e. The van der Waals surface area contributed by atoms with Crippen LogP contribution in [0.25, 0.3) is 10.8 Å². The minimum atomic E-state index is 0.119. The lowest BCUT2D eigenvalue weighted by Crippen LogP contribution is -2.35. The molecule has 0 saturated heterocycles. The summed E-state index contributed by atoms with van der Waals surface area (Å²) in [4.78, 5) is 19.2. The molecule has 2 saturated carbocycles. The van der Waals surface area contributed by atoms with Crippen LogP contribution in [0.1, 0.15) is 36.0 Å². The number of anilines is 1. The standard InChI is InChI=1S/C17H19N3O/c18-16-14-4-2-1-3-13(14)15(9-19-16)17(21)20(12-7-8-12)10-11-5-6-11/h1-4,9,11-12H,5-8,10H2,(H2,18,19). The van der Waals surface area contributed by atoms with E-state index in [-0.39, 0.29) is 5.91 Å². The second-order valence-corrected chi connectivity index (χ2v) is 6.23. The predicted octanol–water partition coefficient (Wildman–Crippen LogP) is 2.83. The van der Waals surface area contributed by atoms with Crippen molar-refractivity contribution in [3.05, 3.63) is 36.0 Å². The fourth-order valence-corrected chi connectivity index (χ4v) is 2.90. The Bertz CT molecular complexity index is 704. The number of benzene rings is 1. The molecule has 4 rings (SSSR count). The van der Waals surface area contributed by atoms with Crippen molar-refractivity contribution in [2.24, 2.45) is 5.92 Å². The second kappa shape index (κ2) is 4.72. The molecule has 2 fully saturated rings. The molecular weight excluding hydrogens is 262 g/mol. The summed E-state index contributed by atoms with van der Waals surface area (Å²) in [5.74, 6) is 1.32. The number of fused-ring (bicyclic) bond motifs is 1. The minimum absolute atomic E-state index is 0.119. The van der Waals surface area contributed by atoms with Gasteiger partial charge in [-0.05, 0) is 37.0 Å². The van der Waals surface area contributed by atoms with Gasteiger partial charge in [-0.15, -0.1) is 0 Å². The third-order valence-corrected chi connectivity index (χ3v) is 4.46. The van der Waals surface area contributed by atoms with Gasteiger partial charge in [-0.1, -0.05) is 24.3 Å². The Morgan fingerprint density at radius 3 is 2.57 bits per heavy atom. The van der Waals surface area contributed by atoms with E-state index in [4.69, 9.17) is 5.73 Å². The van der Waals surface area contributed by atoms with Crippen LogP contribution >= 0.6 is 0 Å². The van der Waals surface area contributed by atoms with Gasteiger partial charge in [0, 0.05) is 24.2 Å². The first-order chi connectivity index (χ1) is 10.2. The number of aromatic nitrogens is 1. The van der Waals surface area contributed by atoms with E-state index in [1.165, 1.54) is 12.8 Å². The molecule has 21 heavy (non-hydrogen) atoms. The molecule has 1 aromatic heterocycles. The molecule has 0 bridgehead atoms. The van der Waals surface area contributed by atoms with E-state index in [0.29, 0.717) is 23.3 Å². The number of hydrogen-bond acceptors (Lipinski definition) is 3. The predicted molar refractivity (Wildman–Crippen MR) is 82.9 cm³/mol. The van der Waals surface area contributed by atoms with Gasteiger partial charge in [0.1, 0.15) is 5.82 Å². The minimum Gasteiger partial charge on any atom is -0.383 e. The van der Waals surface area contributed by atoms with Crippen LogP contribution in [-0.2, 0) is 0 Å². The Hall–Kier alpha value is -2.10. The van der Waals surface area contributed by atoms with Gasteiger partial charge >= 0.3 is 0 Å². The zero-order valence-electron chi connectivity index (χ0n) is 12.0. The van der Waals surface area contributed by atoms with Gasteiger partial charge < -0.3 is 10.6 Å². The van der Waals surface area contributed by atoms with E-state index in [9.17, 15) is 4.79 Å². The highest BCUT2D eigenvalue weighted by Crippen LogP contribution is 2.36. The summed E-state index contributed by atoms with van der Waals surface area (Å²) in [6.45, 7) is 0.905. The molecule has 0 atom stereocenters. The molecule has 2 aliphatic rings. The van der Waals surface area contributed by atoms with E-state index < -0.39 is 0 Å². The first kappa shape index (κ1) is 12.6. The highest BCUT2D eigenvalue weighted by molar-refractivity contribution is 6.09. The van der Waals surface area contributed by atoms with Crippen LogP contribution in [0.5, 0.6) is 0 Å². The summed E-state index contributed by atoms with van der Waals surface area (Å²) in [7, 11) is 0. The summed E-state index contributed by atoms with van der Waals surface area (Å²) >= 11 is 0. The topological polar surface area (TPSA) is 59.2 Å². The van der Waals surface area contributed by atoms with Crippen LogP contribution in [-0.4, -0.2) is 28.4 Å². The SMILES string of the molecule is Nc1ncc(C(=O)N(CC2CC2)C2CC2)c2ccccc12. The van der Waals surface area contributed by atoms with E-state index in [2.05, 4.69) is 9.88 Å². The van der Waals surface area contributed by atoms with Crippen LogP contribution in [0.4, 0.5) is 5.82 Å². The zero-order chi connectivity index (χ0) is 14.4. The van der Waals surface area contributed by atoms with Crippen molar-refractivity contribution in [3.8, 4) is 0 Å². The first-order valence-corrected chi connectivity index (χ1v) is 7.68.